The van der Waals surface area contributed by atoms with Crippen molar-refractivity contribution in [1.29, 1.82) is 0 Å². The third-order valence-corrected chi connectivity index (χ3v) is 3.83. The third-order valence-electron chi connectivity index (χ3n) is 3.22. The summed E-state index contributed by atoms with van der Waals surface area (Å²) in [5.41, 5.74) is 5.92. The van der Waals surface area contributed by atoms with Crippen LogP contribution in [0.25, 0.3) is 0 Å². The monoisotopic (exact) mass is 257 g/mol. The second kappa shape index (κ2) is 3.93. The standard InChI is InChI=1S/C10H16BrN3/c1-2-7-3-4-8(5-7)14-10(12)9(11)6-13-14/h6-8H,2-5,12H2,1H3. The van der Waals surface area contributed by atoms with Crippen molar-refractivity contribution in [3.63, 3.8) is 0 Å². The Morgan fingerprint density at radius 2 is 2.43 bits per heavy atom. The van der Waals surface area contributed by atoms with Gasteiger partial charge < -0.3 is 5.73 Å². The lowest BCUT2D eigenvalue weighted by Crippen LogP contribution is -2.10. The number of nitrogens with zero attached hydrogens (tertiary/aromatic N) is 2. The first kappa shape index (κ1) is 10.0. The van der Waals surface area contributed by atoms with Gasteiger partial charge in [-0.05, 0) is 41.1 Å². The highest BCUT2D eigenvalue weighted by molar-refractivity contribution is 9.10. The summed E-state index contributed by atoms with van der Waals surface area (Å²) in [5.74, 6) is 1.63. The molecular formula is C10H16BrN3. The van der Waals surface area contributed by atoms with Crippen molar-refractivity contribution in [3.8, 4) is 0 Å². The number of anilines is 1. The van der Waals surface area contributed by atoms with Crippen molar-refractivity contribution in [2.45, 2.75) is 38.6 Å². The van der Waals surface area contributed by atoms with Crippen LogP contribution in [0.15, 0.2) is 10.7 Å². The van der Waals surface area contributed by atoms with Gasteiger partial charge in [0.15, 0.2) is 0 Å². The van der Waals surface area contributed by atoms with Crippen LogP contribution in [-0.4, -0.2) is 9.78 Å². The maximum absolute atomic E-state index is 5.92. The van der Waals surface area contributed by atoms with Crippen LogP contribution < -0.4 is 5.73 Å². The molecule has 1 aromatic rings. The summed E-state index contributed by atoms with van der Waals surface area (Å²) < 4.78 is 2.89. The molecule has 1 saturated carbocycles. The molecule has 2 unspecified atom stereocenters. The van der Waals surface area contributed by atoms with Crippen LogP contribution >= 0.6 is 15.9 Å². The molecule has 1 aliphatic rings. The van der Waals surface area contributed by atoms with Gasteiger partial charge in [0, 0.05) is 0 Å². The number of hydrogen-bond donors (Lipinski definition) is 1. The van der Waals surface area contributed by atoms with Gasteiger partial charge in [0.25, 0.3) is 0 Å². The van der Waals surface area contributed by atoms with Gasteiger partial charge in [-0.3, -0.25) is 0 Å². The van der Waals surface area contributed by atoms with Gasteiger partial charge in [-0.2, -0.15) is 5.10 Å². The molecule has 2 rings (SSSR count). The number of nitrogen functional groups attached to an aromatic ring is 1. The fourth-order valence-electron chi connectivity index (χ4n) is 2.28. The third kappa shape index (κ3) is 1.67. The largest absolute Gasteiger partial charge is 0.383 e. The number of halogens is 1. The molecule has 0 radical (unpaired) electrons. The van der Waals surface area contributed by atoms with Gasteiger partial charge in [-0.1, -0.05) is 13.3 Å². The Morgan fingerprint density at radius 1 is 1.64 bits per heavy atom. The van der Waals surface area contributed by atoms with Crippen molar-refractivity contribution in [1.82, 2.24) is 9.78 Å². The van der Waals surface area contributed by atoms with E-state index in [0.717, 1.165) is 16.2 Å². The molecule has 1 heterocycles. The fraction of sp³-hybridized carbons (Fsp3) is 0.700. The highest BCUT2D eigenvalue weighted by atomic mass is 79.9. The van der Waals surface area contributed by atoms with E-state index in [-0.39, 0.29) is 0 Å². The minimum Gasteiger partial charge on any atom is -0.383 e. The molecule has 0 amide bonds. The van der Waals surface area contributed by atoms with E-state index in [1.807, 2.05) is 4.68 Å². The van der Waals surface area contributed by atoms with Crippen LogP contribution in [0.4, 0.5) is 5.82 Å². The van der Waals surface area contributed by atoms with Gasteiger partial charge in [0.2, 0.25) is 0 Å². The minimum atomic E-state index is 0.520. The number of rotatable bonds is 2. The Hall–Kier alpha value is -0.510. The van der Waals surface area contributed by atoms with E-state index in [4.69, 9.17) is 5.73 Å². The summed E-state index contributed by atoms with van der Waals surface area (Å²) in [6, 6.07) is 0.520. The molecule has 14 heavy (non-hydrogen) atoms. The Labute approximate surface area is 92.8 Å². The average Bonchev–Trinajstić information content (AvgIpc) is 2.75. The van der Waals surface area contributed by atoms with Crippen molar-refractivity contribution in [2.24, 2.45) is 5.92 Å². The van der Waals surface area contributed by atoms with Crippen LogP contribution in [0, 0.1) is 5.92 Å². The van der Waals surface area contributed by atoms with Crippen LogP contribution in [0.1, 0.15) is 38.6 Å². The first-order chi connectivity index (χ1) is 6.72. The second-order valence-corrected chi connectivity index (χ2v) is 4.92. The second-order valence-electron chi connectivity index (χ2n) is 4.06. The summed E-state index contributed by atoms with van der Waals surface area (Å²) in [4.78, 5) is 0. The first-order valence-corrected chi connectivity index (χ1v) is 6.00. The Kier molecular flexibility index (Phi) is 2.81. The molecular weight excluding hydrogens is 242 g/mol. The van der Waals surface area contributed by atoms with E-state index >= 15 is 0 Å². The van der Waals surface area contributed by atoms with E-state index in [2.05, 4.69) is 28.0 Å². The molecule has 2 atom stereocenters. The molecule has 0 bridgehead atoms. The Morgan fingerprint density at radius 3 is 2.93 bits per heavy atom. The predicted molar refractivity (Wildman–Crippen MR) is 61.0 cm³/mol. The van der Waals surface area contributed by atoms with Gasteiger partial charge in [0.1, 0.15) is 5.82 Å². The van der Waals surface area contributed by atoms with Crippen molar-refractivity contribution in [2.75, 3.05) is 5.73 Å². The summed E-state index contributed by atoms with van der Waals surface area (Å²) in [6.07, 6.45) is 6.83. The molecule has 1 aromatic heterocycles. The van der Waals surface area contributed by atoms with E-state index < -0.39 is 0 Å². The Bertz CT molecular complexity index is 321. The van der Waals surface area contributed by atoms with E-state index in [1.54, 1.807) is 6.20 Å². The fourth-order valence-corrected chi connectivity index (χ4v) is 2.56. The average molecular weight is 258 g/mol. The van der Waals surface area contributed by atoms with Gasteiger partial charge in [-0.15, -0.1) is 0 Å². The highest BCUT2D eigenvalue weighted by Crippen LogP contribution is 2.38. The smallest absolute Gasteiger partial charge is 0.136 e. The molecule has 2 N–H and O–H groups in total. The molecule has 78 valence electrons. The van der Waals surface area contributed by atoms with Crippen LogP contribution in [0.5, 0.6) is 0 Å². The lowest BCUT2D eigenvalue weighted by Gasteiger charge is -2.12. The molecule has 1 fully saturated rings. The first-order valence-electron chi connectivity index (χ1n) is 5.20. The van der Waals surface area contributed by atoms with E-state index in [1.165, 1.54) is 25.7 Å². The minimum absolute atomic E-state index is 0.520. The highest BCUT2D eigenvalue weighted by Gasteiger charge is 2.26. The number of nitrogens with two attached hydrogens (primary N) is 1. The molecule has 0 spiro atoms. The zero-order chi connectivity index (χ0) is 10.1. The van der Waals surface area contributed by atoms with Crippen LogP contribution in [0.3, 0.4) is 0 Å². The van der Waals surface area contributed by atoms with Gasteiger partial charge >= 0.3 is 0 Å². The summed E-state index contributed by atoms with van der Waals surface area (Å²) >= 11 is 3.39. The van der Waals surface area contributed by atoms with Gasteiger partial charge in [0.05, 0.1) is 16.7 Å². The number of aromatic nitrogens is 2. The maximum Gasteiger partial charge on any atom is 0.136 e. The molecule has 0 saturated heterocycles. The molecule has 3 nitrogen and oxygen atoms in total. The molecule has 4 heteroatoms. The van der Waals surface area contributed by atoms with E-state index in [0.29, 0.717) is 6.04 Å². The zero-order valence-corrected chi connectivity index (χ0v) is 10.00. The lowest BCUT2D eigenvalue weighted by molar-refractivity contribution is 0.440. The summed E-state index contributed by atoms with van der Waals surface area (Å²) in [7, 11) is 0. The molecule has 1 aliphatic carbocycles. The van der Waals surface area contributed by atoms with Gasteiger partial charge in [-0.25, -0.2) is 4.68 Å². The number of hydrogen-bond acceptors (Lipinski definition) is 2. The molecule has 0 aliphatic heterocycles. The van der Waals surface area contributed by atoms with Crippen molar-refractivity contribution < 1.29 is 0 Å². The lowest BCUT2D eigenvalue weighted by atomic mass is 10.1. The molecule has 0 aromatic carbocycles. The normalized spacial score (nSPS) is 27.0. The van der Waals surface area contributed by atoms with Crippen LogP contribution in [0.2, 0.25) is 0 Å². The zero-order valence-electron chi connectivity index (χ0n) is 8.41. The van der Waals surface area contributed by atoms with E-state index in [9.17, 15) is 0 Å². The summed E-state index contributed by atoms with van der Waals surface area (Å²) in [5, 5.41) is 4.31. The van der Waals surface area contributed by atoms with Crippen molar-refractivity contribution in [3.05, 3.63) is 10.7 Å². The quantitative estimate of drug-likeness (QED) is 0.886. The topological polar surface area (TPSA) is 43.8 Å². The maximum atomic E-state index is 5.92. The Balaban J connectivity index is 2.13. The predicted octanol–water partition coefficient (Wildman–Crippen LogP) is 2.98. The van der Waals surface area contributed by atoms with Crippen molar-refractivity contribution >= 4 is 21.7 Å². The summed E-state index contributed by atoms with van der Waals surface area (Å²) in [6.45, 7) is 2.26. The van der Waals surface area contributed by atoms with Crippen LogP contribution in [-0.2, 0) is 0 Å². The SMILES string of the molecule is CCC1CCC(n2ncc(Br)c2N)C1.